The van der Waals surface area contributed by atoms with Crippen LogP contribution in [0.1, 0.15) is 65.2 Å². The molecule has 0 radical (unpaired) electrons. The molecule has 35 heavy (non-hydrogen) atoms. The molecule has 0 aliphatic heterocycles. The fraction of sp³-hybridized carbons (Fsp3) is 0.294. The van der Waals surface area contributed by atoms with Gasteiger partial charge >= 0.3 is 0 Å². The lowest BCUT2D eigenvalue weighted by Crippen LogP contribution is -2.29. The van der Waals surface area contributed by atoms with E-state index in [0.717, 1.165) is 0 Å². The van der Waals surface area contributed by atoms with Gasteiger partial charge in [-0.2, -0.15) is 0 Å². The minimum Gasteiger partial charge on any atom is -0.339 e. The fourth-order valence-corrected chi connectivity index (χ4v) is 5.92. The zero-order valence-corrected chi connectivity index (χ0v) is 22.2. The summed E-state index contributed by atoms with van der Waals surface area (Å²) in [7, 11) is 0. The highest BCUT2D eigenvalue weighted by atomic mass is 15.2. The van der Waals surface area contributed by atoms with Gasteiger partial charge < -0.3 is 4.90 Å². The van der Waals surface area contributed by atoms with Crippen molar-refractivity contribution in [2.75, 3.05) is 4.90 Å². The van der Waals surface area contributed by atoms with Crippen LogP contribution in [0.2, 0.25) is 0 Å². The maximum Gasteiger partial charge on any atom is 0.0457 e. The normalized spacial score (nSPS) is 14.1. The van der Waals surface area contributed by atoms with Crippen LogP contribution in [-0.4, -0.2) is 6.04 Å². The minimum atomic E-state index is -0.0155. The molecule has 0 amide bonds. The highest BCUT2D eigenvalue weighted by Crippen LogP contribution is 2.54. The van der Waals surface area contributed by atoms with Crippen LogP contribution < -0.4 is 4.90 Å². The third-order valence-corrected chi connectivity index (χ3v) is 7.48. The molecule has 0 saturated carbocycles. The van der Waals surface area contributed by atoms with Crippen molar-refractivity contribution < 1.29 is 0 Å². The van der Waals surface area contributed by atoms with Crippen LogP contribution in [0.4, 0.5) is 11.4 Å². The topological polar surface area (TPSA) is 3.24 Å². The highest BCUT2D eigenvalue weighted by Gasteiger charge is 2.40. The molecule has 1 heteroatoms. The lowest BCUT2D eigenvalue weighted by Gasteiger charge is -2.37. The van der Waals surface area contributed by atoms with Crippen LogP contribution in [-0.2, 0) is 10.8 Å². The summed E-state index contributed by atoms with van der Waals surface area (Å²) in [6, 6.07) is 33.7. The van der Waals surface area contributed by atoms with Crippen molar-refractivity contribution in [2.45, 2.75) is 65.3 Å². The molecule has 0 N–H and O–H groups in total. The lowest BCUT2D eigenvalue weighted by atomic mass is 9.77. The van der Waals surface area contributed by atoms with Gasteiger partial charge in [-0.15, -0.1) is 0 Å². The molecule has 1 aliphatic rings. The second-order valence-corrected chi connectivity index (χ2v) is 11.7. The number of rotatable bonds is 4. The van der Waals surface area contributed by atoms with E-state index in [4.69, 9.17) is 0 Å². The van der Waals surface area contributed by atoms with Gasteiger partial charge in [-0.3, -0.25) is 0 Å². The number of hydrogen-bond acceptors (Lipinski definition) is 1. The van der Waals surface area contributed by atoms with Crippen LogP contribution in [0.15, 0.2) is 91.0 Å². The number of hydrogen-bond donors (Lipinski definition) is 0. The van der Waals surface area contributed by atoms with Crippen LogP contribution in [0, 0.1) is 0 Å². The molecule has 5 rings (SSSR count). The van der Waals surface area contributed by atoms with E-state index in [1.165, 1.54) is 50.3 Å². The van der Waals surface area contributed by atoms with E-state index >= 15 is 0 Å². The summed E-state index contributed by atoms with van der Waals surface area (Å²) in [4.78, 5) is 2.53. The Morgan fingerprint density at radius 2 is 1.34 bits per heavy atom. The van der Waals surface area contributed by atoms with Crippen molar-refractivity contribution in [3.8, 4) is 22.3 Å². The summed E-state index contributed by atoms with van der Waals surface area (Å²) in [5.74, 6) is 0. The largest absolute Gasteiger partial charge is 0.339 e. The zero-order valence-electron chi connectivity index (χ0n) is 22.2. The van der Waals surface area contributed by atoms with Gasteiger partial charge in [0.1, 0.15) is 0 Å². The summed E-state index contributed by atoms with van der Waals surface area (Å²) in [5, 5.41) is 0. The van der Waals surface area contributed by atoms with Crippen molar-refractivity contribution in [3.63, 3.8) is 0 Å². The molecule has 0 spiro atoms. The van der Waals surface area contributed by atoms with Crippen LogP contribution in [0.5, 0.6) is 0 Å². The molecule has 0 bridgehead atoms. The first-order valence-corrected chi connectivity index (χ1v) is 12.8. The third kappa shape index (κ3) is 3.88. The summed E-state index contributed by atoms with van der Waals surface area (Å²) in [5.41, 5.74) is 12.2. The Morgan fingerprint density at radius 3 is 2.03 bits per heavy atom. The van der Waals surface area contributed by atoms with Crippen LogP contribution in [0.3, 0.4) is 0 Å². The monoisotopic (exact) mass is 459 g/mol. The molecule has 178 valence electrons. The predicted octanol–water partition coefficient (Wildman–Crippen LogP) is 9.50. The second-order valence-electron chi connectivity index (χ2n) is 11.7. The first-order chi connectivity index (χ1) is 16.6. The van der Waals surface area contributed by atoms with Gasteiger partial charge in [0.15, 0.2) is 0 Å². The number of anilines is 2. The average molecular weight is 460 g/mol. The fourth-order valence-electron chi connectivity index (χ4n) is 5.92. The van der Waals surface area contributed by atoms with Crippen molar-refractivity contribution in [1.29, 1.82) is 0 Å². The third-order valence-electron chi connectivity index (χ3n) is 7.48. The Hall–Kier alpha value is -3.32. The molecule has 1 nitrogen and oxygen atoms in total. The SMILES string of the molecule is CC(C)N(c1cccc(-c2ccccc2)c1)c1ccc2c(c1C(C)(C)C)-c1ccccc1C2(C)C. The van der Waals surface area contributed by atoms with E-state index in [1.54, 1.807) is 0 Å². The van der Waals surface area contributed by atoms with Gasteiger partial charge in [-0.1, -0.05) is 107 Å². The van der Waals surface area contributed by atoms with E-state index in [1.807, 2.05) is 0 Å². The predicted molar refractivity (Wildman–Crippen MR) is 152 cm³/mol. The number of fused-ring (bicyclic) bond motifs is 3. The van der Waals surface area contributed by atoms with Gasteiger partial charge in [0, 0.05) is 22.8 Å². The first kappa shape index (κ1) is 23.4. The van der Waals surface area contributed by atoms with E-state index in [2.05, 4.69) is 144 Å². The van der Waals surface area contributed by atoms with Crippen molar-refractivity contribution in [3.05, 3.63) is 108 Å². The molecular weight excluding hydrogens is 422 g/mol. The minimum absolute atomic E-state index is 0.000340. The first-order valence-electron chi connectivity index (χ1n) is 12.8. The Kier molecular flexibility index (Phi) is 5.63. The van der Waals surface area contributed by atoms with Gasteiger partial charge in [0.25, 0.3) is 0 Å². The number of nitrogens with zero attached hydrogens (tertiary/aromatic N) is 1. The molecule has 0 fully saturated rings. The van der Waals surface area contributed by atoms with Crippen molar-refractivity contribution >= 4 is 11.4 Å². The summed E-state index contributed by atoms with van der Waals surface area (Å²) < 4.78 is 0. The molecule has 0 atom stereocenters. The quantitative estimate of drug-likeness (QED) is 0.294. The highest BCUT2D eigenvalue weighted by molar-refractivity contribution is 5.89. The molecule has 0 saturated heterocycles. The van der Waals surface area contributed by atoms with E-state index in [9.17, 15) is 0 Å². The summed E-state index contributed by atoms with van der Waals surface area (Å²) >= 11 is 0. The lowest BCUT2D eigenvalue weighted by molar-refractivity contribution is 0.586. The smallest absolute Gasteiger partial charge is 0.0457 e. The number of benzene rings is 4. The van der Waals surface area contributed by atoms with E-state index in [-0.39, 0.29) is 10.8 Å². The Bertz CT molecular complexity index is 1370. The molecular formula is C34H37N. The molecule has 0 heterocycles. The summed E-state index contributed by atoms with van der Waals surface area (Å²) in [6.07, 6.45) is 0. The van der Waals surface area contributed by atoms with Crippen molar-refractivity contribution in [1.82, 2.24) is 0 Å². The van der Waals surface area contributed by atoms with Crippen molar-refractivity contribution in [2.24, 2.45) is 0 Å². The molecule has 0 unspecified atom stereocenters. The average Bonchev–Trinajstić information content (AvgIpc) is 3.06. The maximum atomic E-state index is 2.53. The van der Waals surface area contributed by atoms with Crippen LogP contribution in [0.25, 0.3) is 22.3 Å². The zero-order chi connectivity index (χ0) is 25.0. The molecule has 1 aliphatic carbocycles. The Labute approximate surface area is 211 Å². The van der Waals surface area contributed by atoms with Gasteiger partial charge in [-0.25, -0.2) is 0 Å². The second kappa shape index (κ2) is 8.41. The van der Waals surface area contributed by atoms with Gasteiger partial charge in [-0.05, 0) is 76.4 Å². The molecule has 0 aromatic heterocycles. The Balaban J connectivity index is 1.76. The van der Waals surface area contributed by atoms with Gasteiger partial charge in [0.05, 0.1) is 0 Å². The maximum absolute atomic E-state index is 2.53. The van der Waals surface area contributed by atoms with E-state index in [0.29, 0.717) is 6.04 Å². The Morgan fingerprint density at radius 1 is 0.686 bits per heavy atom. The van der Waals surface area contributed by atoms with Gasteiger partial charge in [0.2, 0.25) is 0 Å². The molecule has 4 aromatic carbocycles. The van der Waals surface area contributed by atoms with Crippen LogP contribution >= 0.6 is 0 Å². The van der Waals surface area contributed by atoms with E-state index < -0.39 is 0 Å². The molecule has 4 aromatic rings. The summed E-state index contributed by atoms with van der Waals surface area (Å²) in [6.45, 7) is 16.4. The standard InChI is InChI=1S/C34H37N/c1-23(2)35(26-17-13-16-25(22-26)24-14-9-8-10-15-24)30-21-20-29-31(32(30)33(3,4)5)27-18-11-12-19-28(27)34(29,6)7/h8-23H,1-7H3.